The van der Waals surface area contributed by atoms with Crippen molar-refractivity contribution in [1.29, 1.82) is 0 Å². The summed E-state index contributed by atoms with van der Waals surface area (Å²) in [7, 11) is 0. The summed E-state index contributed by atoms with van der Waals surface area (Å²) in [6.45, 7) is 0.707. The third-order valence-corrected chi connectivity index (χ3v) is 4.07. The summed E-state index contributed by atoms with van der Waals surface area (Å²) in [5.41, 5.74) is 7.42. The summed E-state index contributed by atoms with van der Waals surface area (Å²) in [5.74, 6) is 0.350. The van der Waals surface area contributed by atoms with Gasteiger partial charge in [-0.05, 0) is 19.3 Å². The number of imidazole rings is 1. The van der Waals surface area contributed by atoms with Crippen LogP contribution in [0.4, 0.5) is 17.5 Å². The Morgan fingerprint density at radius 1 is 1.16 bits per heavy atom. The lowest BCUT2D eigenvalue weighted by atomic mass is 10.2. The lowest BCUT2D eigenvalue weighted by Gasteiger charge is -2.23. The fourth-order valence-electron chi connectivity index (χ4n) is 2.98. The standard InChI is InChI=1S/C16H18N6O3/c17-16-20-14(19-9-5-10(23)7-11(24)6-9)13-15(21-16)22(8-18-13)12-3-1-2-4-25-12/h5-8,12,23-24H,1-4H2,(H3,17,19,20,21). The first-order chi connectivity index (χ1) is 12.1. The molecular weight excluding hydrogens is 324 g/mol. The zero-order chi connectivity index (χ0) is 17.4. The number of nitrogens with zero attached hydrogens (tertiary/aromatic N) is 4. The number of nitrogen functional groups attached to an aromatic ring is 1. The van der Waals surface area contributed by atoms with Gasteiger partial charge in [-0.3, -0.25) is 4.57 Å². The van der Waals surface area contributed by atoms with E-state index in [1.165, 1.54) is 18.2 Å². The number of aromatic nitrogens is 4. The number of phenols is 2. The molecule has 0 bridgehead atoms. The van der Waals surface area contributed by atoms with Crippen molar-refractivity contribution in [1.82, 2.24) is 19.5 Å². The summed E-state index contributed by atoms with van der Waals surface area (Å²) >= 11 is 0. The maximum Gasteiger partial charge on any atom is 0.224 e. The molecule has 1 aliphatic heterocycles. The molecule has 0 saturated carbocycles. The van der Waals surface area contributed by atoms with Crippen LogP contribution in [0.15, 0.2) is 24.5 Å². The monoisotopic (exact) mass is 342 g/mol. The van der Waals surface area contributed by atoms with Crippen molar-refractivity contribution in [3.8, 4) is 11.5 Å². The predicted octanol–water partition coefficient (Wildman–Crippen LogP) is 2.26. The van der Waals surface area contributed by atoms with Crippen LogP contribution >= 0.6 is 0 Å². The molecule has 130 valence electrons. The lowest BCUT2D eigenvalue weighted by Crippen LogP contribution is -2.18. The van der Waals surface area contributed by atoms with Crippen LogP contribution in [0.25, 0.3) is 11.2 Å². The fraction of sp³-hybridized carbons (Fsp3) is 0.312. The number of hydrogen-bond acceptors (Lipinski definition) is 8. The zero-order valence-corrected chi connectivity index (χ0v) is 13.4. The first-order valence-corrected chi connectivity index (χ1v) is 8.02. The molecule has 1 atom stereocenters. The third kappa shape index (κ3) is 3.01. The van der Waals surface area contributed by atoms with Crippen LogP contribution in [0, 0.1) is 0 Å². The molecule has 1 fully saturated rings. The van der Waals surface area contributed by atoms with E-state index in [0.29, 0.717) is 29.3 Å². The molecule has 2 aromatic heterocycles. The second-order valence-corrected chi connectivity index (χ2v) is 5.94. The maximum absolute atomic E-state index is 9.62. The quantitative estimate of drug-likeness (QED) is 0.570. The molecule has 4 rings (SSSR count). The van der Waals surface area contributed by atoms with Gasteiger partial charge < -0.3 is 26.0 Å². The summed E-state index contributed by atoms with van der Waals surface area (Å²) in [4.78, 5) is 12.9. The second kappa shape index (κ2) is 6.10. The molecule has 0 spiro atoms. The van der Waals surface area contributed by atoms with Crippen molar-refractivity contribution < 1.29 is 14.9 Å². The van der Waals surface area contributed by atoms with Crippen LogP contribution in [-0.4, -0.2) is 36.3 Å². The zero-order valence-electron chi connectivity index (χ0n) is 13.4. The number of ether oxygens (including phenoxy) is 1. The Morgan fingerprint density at radius 2 is 1.96 bits per heavy atom. The molecule has 1 aliphatic rings. The van der Waals surface area contributed by atoms with Gasteiger partial charge in [-0.2, -0.15) is 9.97 Å². The number of aromatic hydroxyl groups is 2. The summed E-state index contributed by atoms with van der Waals surface area (Å²) in [5, 5.41) is 22.3. The Labute approximate surface area is 143 Å². The Morgan fingerprint density at radius 3 is 2.68 bits per heavy atom. The van der Waals surface area contributed by atoms with Gasteiger partial charge >= 0.3 is 0 Å². The molecule has 25 heavy (non-hydrogen) atoms. The molecule has 9 heteroatoms. The number of phenolic OH excluding ortho intramolecular Hbond substituents is 2. The Kier molecular flexibility index (Phi) is 3.77. The number of rotatable bonds is 3. The average molecular weight is 342 g/mol. The molecular formula is C16H18N6O3. The largest absolute Gasteiger partial charge is 0.508 e. The minimum absolute atomic E-state index is 0.0677. The van der Waals surface area contributed by atoms with E-state index in [1.54, 1.807) is 6.33 Å². The number of benzene rings is 1. The lowest BCUT2D eigenvalue weighted by molar-refractivity contribution is -0.0298. The third-order valence-electron chi connectivity index (χ3n) is 4.07. The smallest absolute Gasteiger partial charge is 0.224 e. The molecule has 3 aromatic rings. The molecule has 0 aliphatic carbocycles. The number of fused-ring (bicyclic) bond motifs is 1. The Hall–Kier alpha value is -3.07. The normalized spacial score (nSPS) is 17.7. The Bertz CT molecular complexity index is 899. The molecule has 0 amide bonds. The average Bonchev–Trinajstić information content (AvgIpc) is 2.98. The van der Waals surface area contributed by atoms with Gasteiger partial charge in [-0.15, -0.1) is 0 Å². The van der Waals surface area contributed by atoms with Crippen LogP contribution < -0.4 is 11.1 Å². The highest BCUT2D eigenvalue weighted by Crippen LogP contribution is 2.31. The predicted molar refractivity (Wildman–Crippen MR) is 91.6 cm³/mol. The minimum atomic E-state index is -0.120. The van der Waals surface area contributed by atoms with E-state index in [2.05, 4.69) is 20.3 Å². The van der Waals surface area contributed by atoms with Gasteiger partial charge in [0.05, 0.1) is 6.33 Å². The number of nitrogens with two attached hydrogens (primary N) is 1. The highest BCUT2D eigenvalue weighted by atomic mass is 16.5. The van der Waals surface area contributed by atoms with E-state index < -0.39 is 0 Å². The molecule has 5 N–H and O–H groups in total. The molecule has 1 unspecified atom stereocenters. The van der Waals surface area contributed by atoms with Gasteiger partial charge in [0.2, 0.25) is 5.95 Å². The highest BCUT2D eigenvalue weighted by Gasteiger charge is 2.21. The topological polar surface area (TPSA) is 131 Å². The van der Waals surface area contributed by atoms with Gasteiger partial charge in [0, 0.05) is 30.5 Å². The SMILES string of the molecule is Nc1nc(Nc2cc(O)cc(O)c2)c2ncn(C3CCCCO3)c2n1. The number of hydrogen-bond donors (Lipinski definition) is 4. The number of nitrogens with one attached hydrogen (secondary N) is 1. The van der Waals surface area contributed by atoms with Gasteiger partial charge in [0.25, 0.3) is 0 Å². The van der Waals surface area contributed by atoms with E-state index in [4.69, 9.17) is 10.5 Å². The summed E-state index contributed by atoms with van der Waals surface area (Å²) < 4.78 is 7.65. The maximum atomic E-state index is 9.62. The van der Waals surface area contributed by atoms with Crippen LogP contribution in [0.2, 0.25) is 0 Å². The first-order valence-electron chi connectivity index (χ1n) is 8.02. The molecule has 9 nitrogen and oxygen atoms in total. The van der Waals surface area contributed by atoms with Crippen molar-refractivity contribution >= 4 is 28.6 Å². The van der Waals surface area contributed by atoms with E-state index >= 15 is 0 Å². The first kappa shape index (κ1) is 15.5. The summed E-state index contributed by atoms with van der Waals surface area (Å²) in [6.07, 6.45) is 4.57. The molecule has 0 radical (unpaired) electrons. The van der Waals surface area contributed by atoms with Crippen LogP contribution in [0.3, 0.4) is 0 Å². The van der Waals surface area contributed by atoms with Gasteiger partial charge in [-0.25, -0.2) is 4.98 Å². The van der Waals surface area contributed by atoms with Crippen LogP contribution in [0.5, 0.6) is 11.5 Å². The van der Waals surface area contributed by atoms with Gasteiger partial charge in [-0.1, -0.05) is 0 Å². The van der Waals surface area contributed by atoms with Crippen molar-refractivity contribution in [2.45, 2.75) is 25.5 Å². The van der Waals surface area contributed by atoms with Gasteiger partial charge in [0.1, 0.15) is 17.7 Å². The molecule has 1 aromatic carbocycles. The van der Waals surface area contributed by atoms with Crippen molar-refractivity contribution in [3.63, 3.8) is 0 Å². The minimum Gasteiger partial charge on any atom is -0.508 e. The number of anilines is 3. The van der Waals surface area contributed by atoms with E-state index in [-0.39, 0.29) is 23.7 Å². The van der Waals surface area contributed by atoms with Crippen molar-refractivity contribution in [2.24, 2.45) is 0 Å². The van der Waals surface area contributed by atoms with Crippen molar-refractivity contribution in [3.05, 3.63) is 24.5 Å². The second-order valence-electron chi connectivity index (χ2n) is 5.94. The van der Waals surface area contributed by atoms with E-state index in [9.17, 15) is 10.2 Å². The molecule has 1 saturated heterocycles. The van der Waals surface area contributed by atoms with E-state index in [1.807, 2.05) is 4.57 Å². The van der Waals surface area contributed by atoms with E-state index in [0.717, 1.165) is 19.3 Å². The summed E-state index contributed by atoms with van der Waals surface area (Å²) in [6, 6.07) is 4.17. The molecule has 3 heterocycles. The van der Waals surface area contributed by atoms with Gasteiger partial charge in [0.15, 0.2) is 17.0 Å². The van der Waals surface area contributed by atoms with Crippen LogP contribution in [-0.2, 0) is 4.74 Å². The van der Waals surface area contributed by atoms with Crippen molar-refractivity contribution in [2.75, 3.05) is 17.7 Å². The highest BCUT2D eigenvalue weighted by molar-refractivity contribution is 5.86. The van der Waals surface area contributed by atoms with Crippen LogP contribution in [0.1, 0.15) is 25.5 Å². The fourth-order valence-corrected chi connectivity index (χ4v) is 2.98. The Balaban J connectivity index is 1.75.